The first-order valence-electron chi connectivity index (χ1n) is 7.46. The lowest BCUT2D eigenvalue weighted by Crippen LogP contribution is -2.28. The number of aliphatic carboxylic acids is 1. The second-order valence-electron chi connectivity index (χ2n) is 5.07. The largest absolute Gasteiger partial charge is 0.481 e. The molecule has 1 aromatic carbocycles. The predicted molar refractivity (Wildman–Crippen MR) is 86.0 cm³/mol. The molecule has 0 saturated heterocycles. The summed E-state index contributed by atoms with van der Waals surface area (Å²) in [5.41, 5.74) is 0.907. The Kier molecular flexibility index (Phi) is 9.16. The van der Waals surface area contributed by atoms with E-state index < -0.39 is 12.1 Å². The number of carbonyl (C=O) groups is 2. The summed E-state index contributed by atoms with van der Waals surface area (Å²) < 4.78 is 10.4. The highest BCUT2D eigenvalue weighted by molar-refractivity contribution is 5.67. The highest BCUT2D eigenvalue weighted by atomic mass is 16.5. The number of carboxylic acids is 1. The van der Waals surface area contributed by atoms with Crippen LogP contribution in [0.1, 0.15) is 18.4 Å². The standard InChI is InChI=1S/C17H23NO5/c1-2-10-22-12-15(11-16(19)20)8-9-18-17(21)23-13-14-6-4-3-5-7-14/h2-7,15H,1,8-13H2,(H,18,21)(H,19,20)/t15-/m1/s1. The Labute approximate surface area is 136 Å². The quantitative estimate of drug-likeness (QED) is 0.483. The molecule has 126 valence electrons. The van der Waals surface area contributed by atoms with Crippen LogP contribution in [0, 0.1) is 5.92 Å². The SMILES string of the molecule is C=CCOC[C@H](CCNC(=O)OCc1ccccc1)CC(=O)O. The van der Waals surface area contributed by atoms with Gasteiger partial charge in [0.1, 0.15) is 6.61 Å². The van der Waals surface area contributed by atoms with Crippen molar-refractivity contribution in [3.8, 4) is 0 Å². The minimum absolute atomic E-state index is 0.00210. The highest BCUT2D eigenvalue weighted by Crippen LogP contribution is 2.09. The lowest BCUT2D eigenvalue weighted by atomic mass is 10.0. The van der Waals surface area contributed by atoms with Gasteiger partial charge in [0.25, 0.3) is 0 Å². The van der Waals surface area contributed by atoms with E-state index in [4.69, 9.17) is 14.6 Å². The number of amides is 1. The summed E-state index contributed by atoms with van der Waals surface area (Å²) in [6, 6.07) is 9.37. The van der Waals surface area contributed by atoms with Gasteiger partial charge in [-0.2, -0.15) is 0 Å². The highest BCUT2D eigenvalue weighted by Gasteiger charge is 2.14. The number of hydrogen-bond donors (Lipinski definition) is 2. The second kappa shape index (κ2) is 11.3. The molecule has 0 aromatic heterocycles. The summed E-state index contributed by atoms with van der Waals surface area (Å²) in [5.74, 6) is -1.05. The van der Waals surface area contributed by atoms with Crippen molar-refractivity contribution in [3.63, 3.8) is 0 Å². The molecule has 1 amide bonds. The lowest BCUT2D eigenvalue weighted by molar-refractivity contribution is -0.138. The van der Waals surface area contributed by atoms with Crippen LogP contribution in [0.5, 0.6) is 0 Å². The normalized spacial score (nSPS) is 11.5. The Morgan fingerprint density at radius 2 is 2.04 bits per heavy atom. The van der Waals surface area contributed by atoms with Gasteiger partial charge in [0, 0.05) is 6.54 Å². The summed E-state index contributed by atoms with van der Waals surface area (Å²) in [7, 11) is 0. The first-order chi connectivity index (χ1) is 11.1. The van der Waals surface area contributed by atoms with Crippen LogP contribution < -0.4 is 5.32 Å². The maximum atomic E-state index is 11.6. The molecule has 0 saturated carbocycles. The number of rotatable bonds is 11. The number of carboxylic acid groups (broad SMARTS) is 1. The summed E-state index contributed by atoms with van der Waals surface area (Å²) in [4.78, 5) is 22.4. The van der Waals surface area contributed by atoms with Gasteiger partial charge in [-0.05, 0) is 17.9 Å². The Hall–Kier alpha value is -2.34. The van der Waals surface area contributed by atoms with Crippen molar-refractivity contribution < 1.29 is 24.2 Å². The molecule has 6 nitrogen and oxygen atoms in total. The summed E-state index contributed by atoms with van der Waals surface area (Å²) in [6.45, 7) is 4.77. The van der Waals surface area contributed by atoms with Crippen molar-refractivity contribution in [2.24, 2.45) is 5.92 Å². The molecule has 0 radical (unpaired) electrons. The van der Waals surface area contributed by atoms with Gasteiger partial charge >= 0.3 is 12.1 Å². The number of benzene rings is 1. The zero-order chi connectivity index (χ0) is 16.9. The molecule has 23 heavy (non-hydrogen) atoms. The number of carbonyl (C=O) groups excluding carboxylic acids is 1. The molecular formula is C17H23NO5. The van der Waals surface area contributed by atoms with E-state index in [1.165, 1.54) is 0 Å². The van der Waals surface area contributed by atoms with Crippen molar-refractivity contribution in [1.29, 1.82) is 0 Å². The zero-order valence-corrected chi connectivity index (χ0v) is 13.1. The van der Waals surface area contributed by atoms with E-state index in [2.05, 4.69) is 11.9 Å². The smallest absolute Gasteiger partial charge is 0.407 e. The second-order valence-corrected chi connectivity index (χ2v) is 5.07. The van der Waals surface area contributed by atoms with Gasteiger partial charge in [-0.1, -0.05) is 36.4 Å². The minimum Gasteiger partial charge on any atom is -0.481 e. The lowest BCUT2D eigenvalue weighted by Gasteiger charge is -2.15. The predicted octanol–water partition coefficient (Wildman–Crippen LogP) is 2.60. The van der Waals surface area contributed by atoms with E-state index >= 15 is 0 Å². The van der Waals surface area contributed by atoms with Gasteiger partial charge in [-0.15, -0.1) is 6.58 Å². The fourth-order valence-electron chi connectivity index (χ4n) is 1.96. The van der Waals surface area contributed by atoms with Crippen molar-refractivity contribution >= 4 is 12.1 Å². The topological polar surface area (TPSA) is 84.9 Å². The third-order valence-corrected chi connectivity index (χ3v) is 3.09. The molecule has 0 aliphatic rings. The Bertz CT molecular complexity index is 489. The number of nitrogens with one attached hydrogen (secondary N) is 1. The summed E-state index contributed by atoms with van der Waals surface area (Å²) in [5, 5.41) is 11.5. The average Bonchev–Trinajstić information content (AvgIpc) is 2.53. The number of hydrogen-bond acceptors (Lipinski definition) is 4. The van der Waals surface area contributed by atoms with Gasteiger partial charge in [-0.3, -0.25) is 4.79 Å². The third-order valence-electron chi connectivity index (χ3n) is 3.09. The first kappa shape index (κ1) is 18.7. The van der Waals surface area contributed by atoms with Crippen molar-refractivity contribution in [3.05, 3.63) is 48.6 Å². The van der Waals surface area contributed by atoms with E-state index in [0.29, 0.717) is 26.2 Å². The molecular weight excluding hydrogens is 298 g/mol. The van der Waals surface area contributed by atoms with Crippen molar-refractivity contribution in [2.75, 3.05) is 19.8 Å². The van der Waals surface area contributed by atoms with E-state index in [1.807, 2.05) is 30.3 Å². The van der Waals surface area contributed by atoms with E-state index in [-0.39, 0.29) is 18.9 Å². The first-order valence-corrected chi connectivity index (χ1v) is 7.46. The van der Waals surface area contributed by atoms with Gasteiger partial charge in [0.05, 0.1) is 19.6 Å². The summed E-state index contributed by atoms with van der Waals surface area (Å²) >= 11 is 0. The molecule has 0 unspecified atom stereocenters. The number of alkyl carbamates (subject to hydrolysis) is 1. The van der Waals surface area contributed by atoms with Gasteiger partial charge < -0.3 is 19.9 Å². The monoisotopic (exact) mass is 321 g/mol. The van der Waals surface area contributed by atoms with Crippen LogP contribution in [-0.2, 0) is 20.9 Å². The van der Waals surface area contributed by atoms with Crippen molar-refractivity contribution in [1.82, 2.24) is 5.32 Å². The Morgan fingerprint density at radius 3 is 2.70 bits per heavy atom. The van der Waals surface area contributed by atoms with Crippen LogP contribution in [0.4, 0.5) is 4.79 Å². The number of ether oxygens (including phenoxy) is 2. The molecule has 1 rings (SSSR count). The molecule has 1 atom stereocenters. The van der Waals surface area contributed by atoms with Crippen LogP contribution in [0.15, 0.2) is 43.0 Å². The van der Waals surface area contributed by atoms with Gasteiger partial charge in [0.15, 0.2) is 0 Å². The van der Waals surface area contributed by atoms with E-state index in [1.54, 1.807) is 6.08 Å². The zero-order valence-electron chi connectivity index (χ0n) is 13.1. The van der Waals surface area contributed by atoms with Crippen LogP contribution in [0.3, 0.4) is 0 Å². The molecule has 0 bridgehead atoms. The molecule has 0 aliphatic heterocycles. The summed E-state index contributed by atoms with van der Waals surface area (Å²) in [6.07, 6.45) is 1.59. The molecule has 0 heterocycles. The van der Waals surface area contributed by atoms with Crippen LogP contribution in [0.25, 0.3) is 0 Å². The van der Waals surface area contributed by atoms with E-state index in [0.717, 1.165) is 5.56 Å². The Balaban J connectivity index is 2.23. The van der Waals surface area contributed by atoms with Crippen LogP contribution >= 0.6 is 0 Å². The molecule has 6 heteroatoms. The van der Waals surface area contributed by atoms with Gasteiger partial charge in [-0.25, -0.2) is 4.79 Å². The minimum atomic E-state index is -0.885. The third kappa shape index (κ3) is 9.31. The maximum Gasteiger partial charge on any atom is 0.407 e. The maximum absolute atomic E-state index is 11.6. The Morgan fingerprint density at radius 1 is 1.30 bits per heavy atom. The van der Waals surface area contributed by atoms with Crippen molar-refractivity contribution in [2.45, 2.75) is 19.4 Å². The van der Waals surface area contributed by atoms with Crippen LogP contribution in [-0.4, -0.2) is 36.9 Å². The van der Waals surface area contributed by atoms with Crippen LogP contribution in [0.2, 0.25) is 0 Å². The fraction of sp³-hybridized carbons (Fsp3) is 0.412. The molecule has 1 aromatic rings. The molecule has 2 N–H and O–H groups in total. The average molecular weight is 321 g/mol. The molecule has 0 spiro atoms. The van der Waals surface area contributed by atoms with Gasteiger partial charge in [0.2, 0.25) is 0 Å². The fourth-order valence-corrected chi connectivity index (χ4v) is 1.96. The molecule has 0 fully saturated rings. The van der Waals surface area contributed by atoms with E-state index in [9.17, 15) is 9.59 Å². The molecule has 0 aliphatic carbocycles.